The van der Waals surface area contributed by atoms with Crippen molar-refractivity contribution in [3.05, 3.63) is 54.4 Å². The maximum Gasteiger partial charge on any atom is 0.321 e. The van der Waals surface area contributed by atoms with Gasteiger partial charge in [-0.2, -0.15) is 4.39 Å². The number of amides is 2. The molecule has 0 radical (unpaired) electrons. The number of rotatable bonds is 4. The number of aromatic nitrogens is 1. The Morgan fingerprint density at radius 2 is 1.96 bits per heavy atom. The number of likely N-dealkylation sites (tertiary alicyclic amines) is 1. The average molecular weight is 391 g/mol. The van der Waals surface area contributed by atoms with Crippen molar-refractivity contribution >= 4 is 23.5 Å². The van der Waals surface area contributed by atoms with E-state index in [1.165, 1.54) is 24.4 Å². The molecule has 2 heterocycles. The highest BCUT2D eigenvalue weighted by Crippen LogP contribution is 2.42. The molecule has 0 atom stereocenters. The number of carbonyl (C=O) groups excluding carboxylic acids is 1. The minimum Gasteiger partial charge on any atom is -0.325 e. The minimum absolute atomic E-state index is 0.0583. The zero-order valence-electron chi connectivity index (χ0n) is 15.4. The molecule has 0 spiro atoms. The Bertz CT molecular complexity index is 790. The fraction of sp³-hybridized carbons (Fsp3) is 0.400. The third-order valence-electron chi connectivity index (χ3n) is 4.92. The second kappa shape index (κ2) is 8.25. The number of thioether (sulfide) groups is 1. The van der Waals surface area contributed by atoms with E-state index in [1.807, 2.05) is 6.07 Å². The molecule has 2 aromatic rings. The smallest absolute Gasteiger partial charge is 0.321 e. The molecule has 1 aromatic heterocycles. The lowest BCUT2D eigenvalue weighted by Crippen LogP contribution is -2.44. The van der Waals surface area contributed by atoms with Gasteiger partial charge in [0.1, 0.15) is 5.82 Å². The first-order valence-corrected chi connectivity index (χ1v) is 9.77. The van der Waals surface area contributed by atoms with E-state index >= 15 is 0 Å². The molecule has 7 heteroatoms. The SMILES string of the molecule is CC(C)(Sc1cccc(F)c1)C1CCN(C(=O)Nc2ccc(F)nc2)CC1. The van der Waals surface area contributed by atoms with Gasteiger partial charge in [0.05, 0.1) is 11.9 Å². The Hall–Kier alpha value is -2.15. The van der Waals surface area contributed by atoms with Crippen molar-refractivity contribution in [2.75, 3.05) is 18.4 Å². The summed E-state index contributed by atoms with van der Waals surface area (Å²) >= 11 is 1.68. The van der Waals surface area contributed by atoms with Gasteiger partial charge in [0.25, 0.3) is 0 Å². The van der Waals surface area contributed by atoms with E-state index in [0.29, 0.717) is 24.7 Å². The van der Waals surface area contributed by atoms with Gasteiger partial charge in [-0.1, -0.05) is 19.9 Å². The number of hydrogen-bond acceptors (Lipinski definition) is 3. The van der Waals surface area contributed by atoms with Crippen molar-refractivity contribution in [3.8, 4) is 0 Å². The molecule has 0 bridgehead atoms. The lowest BCUT2D eigenvalue weighted by atomic mass is 9.86. The molecule has 1 aliphatic heterocycles. The lowest BCUT2D eigenvalue weighted by Gasteiger charge is -2.40. The van der Waals surface area contributed by atoms with Crippen LogP contribution in [0.1, 0.15) is 26.7 Å². The minimum atomic E-state index is -0.577. The van der Waals surface area contributed by atoms with Crippen molar-refractivity contribution < 1.29 is 13.6 Å². The summed E-state index contributed by atoms with van der Waals surface area (Å²) in [6.07, 6.45) is 3.06. The van der Waals surface area contributed by atoms with E-state index in [9.17, 15) is 13.6 Å². The summed E-state index contributed by atoms with van der Waals surface area (Å²) < 4.78 is 26.2. The molecule has 0 unspecified atom stereocenters. The Kier molecular flexibility index (Phi) is 5.99. The lowest BCUT2D eigenvalue weighted by molar-refractivity contribution is 0.173. The van der Waals surface area contributed by atoms with Crippen LogP contribution in [-0.4, -0.2) is 33.8 Å². The summed E-state index contributed by atoms with van der Waals surface area (Å²) in [6.45, 7) is 5.65. The molecule has 0 saturated carbocycles. The first-order valence-electron chi connectivity index (χ1n) is 8.95. The fourth-order valence-electron chi connectivity index (χ4n) is 3.35. The summed E-state index contributed by atoms with van der Waals surface area (Å²) in [7, 11) is 0. The number of halogens is 2. The van der Waals surface area contributed by atoms with Crippen LogP contribution in [0, 0.1) is 17.7 Å². The number of anilines is 1. The van der Waals surface area contributed by atoms with Gasteiger partial charge in [-0.15, -0.1) is 11.8 Å². The topological polar surface area (TPSA) is 45.2 Å². The zero-order valence-corrected chi connectivity index (χ0v) is 16.2. The summed E-state index contributed by atoms with van der Waals surface area (Å²) in [5, 5.41) is 2.75. The molecule has 2 amide bonds. The van der Waals surface area contributed by atoms with Gasteiger partial charge in [0, 0.05) is 22.7 Å². The second-order valence-corrected chi connectivity index (χ2v) is 8.95. The molecule has 4 nitrogen and oxygen atoms in total. The zero-order chi connectivity index (χ0) is 19.4. The Labute approximate surface area is 162 Å². The number of urea groups is 1. The number of benzene rings is 1. The third kappa shape index (κ3) is 5.19. The number of nitrogens with one attached hydrogen (secondary N) is 1. The molecule has 1 aromatic carbocycles. The van der Waals surface area contributed by atoms with E-state index in [-0.39, 0.29) is 16.6 Å². The van der Waals surface area contributed by atoms with E-state index in [4.69, 9.17) is 0 Å². The van der Waals surface area contributed by atoms with Gasteiger partial charge in [0.15, 0.2) is 0 Å². The Morgan fingerprint density at radius 1 is 1.22 bits per heavy atom. The molecular weight excluding hydrogens is 368 g/mol. The highest BCUT2D eigenvalue weighted by atomic mass is 32.2. The molecular formula is C20H23F2N3OS. The van der Waals surface area contributed by atoms with Gasteiger partial charge in [-0.05, 0) is 49.1 Å². The number of piperidine rings is 1. The average Bonchev–Trinajstić information content (AvgIpc) is 2.63. The highest BCUT2D eigenvalue weighted by molar-refractivity contribution is 8.00. The predicted octanol–water partition coefficient (Wildman–Crippen LogP) is 5.17. The van der Waals surface area contributed by atoms with Crippen LogP contribution in [0.4, 0.5) is 19.3 Å². The van der Waals surface area contributed by atoms with Crippen molar-refractivity contribution in [3.63, 3.8) is 0 Å². The molecule has 27 heavy (non-hydrogen) atoms. The molecule has 1 aliphatic rings. The first-order chi connectivity index (χ1) is 12.8. The highest BCUT2D eigenvalue weighted by Gasteiger charge is 2.34. The van der Waals surface area contributed by atoms with Gasteiger partial charge in [0.2, 0.25) is 5.95 Å². The standard InChI is InChI=1S/C20H23F2N3OS/c1-20(2,27-17-5-3-4-15(21)12-17)14-8-10-25(11-9-14)19(26)24-16-6-7-18(22)23-13-16/h3-7,12-14H,8-11H2,1-2H3,(H,24,26). The number of pyridine rings is 1. The molecule has 1 saturated heterocycles. The van der Waals surface area contributed by atoms with Crippen LogP contribution in [0.5, 0.6) is 0 Å². The van der Waals surface area contributed by atoms with E-state index in [1.54, 1.807) is 28.8 Å². The number of nitrogens with zero attached hydrogens (tertiary/aromatic N) is 2. The van der Waals surface area contributed by atoms with Crippen molar-refractivity contribution in [2.24, 2.45) is 5.92 Å². The third-order valence-corrected chi connectivity index (χ3v) is 6.27. The van der Waals surface area contributed by atoms with Crippen molar-refractivity contribution in [2.45, 2.75) is 36.3 Å². The maximum absolute atomic E-state index is 13.4. The maximum atomic E-state index is 13.4. The van der Waals surface area contributed by atoms with Crippen LogP contribution < -0.4 is 5.32 Å². The quantitative estimate of drug-likeness (QED) is 0.577. The van der Waals surface area contributed by atoms with Crippen LogP contribution in [0.25, 0.3) is 0 Å². The number of carbonyl (C=O) groups is 1. The summed E-state index contributed by atoms with van der Waals surface area (Å²) in [5.74, 6) is -0.383. The molecule has 3 rings (SSSR count). The second-order valence-electron chi connectivity index (χ2n) is 7.22. The molecule has 1 N–H and O–H groups in total. The predicted molar refractivity (Wildman–Crippen MR) is 104 cm³/mol. The van der Waals surface area contributed by atoms with E-state index in [2.05, 4.69) is 24.1 Å². The Balaban J connectivity index is 1.54. The van der Waals surface area contributed by atoms with Crippen LogP contribution in [0.2, 0.25) is 0 Å². The van der Waals surface area contributed by atoms with Gasteiger partial charge >= 0.3 is 6.03 Å². The van der Waals surface area contributed by atoms with E-state index in [0.717, 1.165) is 17.7 Å². The molecule has 1 fully saturated rings. The van der Waals surface area contributed by atoms with Gasteiger partial charge in [-0.3, -0.25) is 0 Å². The van der Waals surface area contributed by atoms with E-state index < -0.39 is 5.95 Å². The molecule has 0 aliphatic carbocycles. The largest absolute Gasteiger partial charge is 0.325 e. The normalized spacial score (nSPS) is 15.6. The Morgan fingerprint density at radius 3 is 2.59 bits per heavy atom. The molecule has 144 valence electrons. The number of hydrogen-bond donors (Lipinski definition) is 1. The van der Waals surface area contributed by atoms with Gasteiger partial charge in [-0.25, -0.2) is 14.2 Å². The van der Waals surface area contributed by atoms with Crippen LogP contribution in [0.3, 0.4) is 0 Å². The van der Waals surface area contributed by atoms with Crippen LogP contribution >= 0.6 is 11.8 Å². The summed E-state index contributed by atoms with van der Waals surface area (Å²) in [4.78, 5) is 18.6. The van der Waals surface area contributed by atoms with Crippen molar-refractivity contribution in [1.29, 1.82) is 0 Å². The van der Waals surface area contributed by atoms with Crippen LogP contribution in [0.15, 0.2) is 47.5 Å². The summed E-state index contributed by atoms with van der Waals surface area (Å²) in [6, 6.07) is 9.17. The summed E-state index contributed by atoms with van der Waals surface area (Å²) in [5.41, 5.74) is 0.477. The fourth-order valence-corrected chi connectivity index (χ4v) is 4.68. The monoisotopic (exact) mass is 391 g/mol. The van der Waals surface area contributed by atoms with Gasteiger partial charge < -0.3 is 10.2 Å². The van der Waals surface area contributed by atoms with Crippen LogP contribution in [-0.2, 0) is 0 Å². The van der Waals surface area contributed by atoms with Crippen molar-refractivity contribution in [1.82, 2.24) is 9.88 Å². The first kappa shape index (κ1) is 19.6.